The van der Waals surface area contributed by atoms with Gasteiger partial charge in [0.1, 0.15) is 24.1 Å². The molecule has 0 aromatic heterocycles. The SMILES string of the molecule is CCNC(=O)[C@@H](CC)N(Cc1ccc(OC)cc1)C(=O)CN(c1ccccc1)S(=O)(=O)c1ccc(OCC)cc1. The summed E-state index contributed by atoms with van der Waals surface area (Å²) < 4.78 is 39.5. The Hall–Kier alpha value is -4.05. The number of amides is 2. The number of benzene rings is 3. The summed E-state index contributed by atoms with van der Waals surface area (Å²) in [4.78, 5) is 28.4. The molecule has 9 nitrogen and oxygen atoms in total. The molecule has 0 aliphatic rings. The minimum atomic E-state index is -4.15. The summed E-state index contributed by atoms with van der Waals surface area (Å²) in [5.41, 5.74) is 1.11. The van der Waals surface area contributed by atoms with Crippen LogP contribution in [0.1, 0.15) is 32.8 Å². The van der Waals surface area contributed by atoms with E-state index >= 15 is 0 Å². The summed E-state index contributed by atoms with van der Waals surface area (Å²) >= 11 is 0. The van der Waals surface area contributed by atoms with Crippen molar-refractivity contribution in [1.29, 1.82) is 0 Å². The Bertz CT molecular complexity index is 1350. The molecule has 0 radical (unpaired) electrons. The van der Waals surface area contributed by atoms with Gasteiger partial charge in [-0.05, 0) is 74.4 Å². The van der Waals surface area contributed by atoms with Gasteiger partial charge in [-0.15, -0.1) is 0 Å². The molecular formula is C30H37N3O6S. The highest BCUT2D eigenvalue weighted by atomic mass is 32.2. The number of carbonyl (C=O) groups excluding carboxylic acids is 2. The highest BCUT2D eigenvalue weighted by molar-refractivity contribution is 7.92. The number of ether oxygens (including phenoxy) is 2. The van der Waals surface area contributed by atoms with Gasteiger partial charge in [0.2, 0.25) is 11.8 Å². The van der Waals surface area contributed by atoms with E-state index in [4.69, 9.17) is 9.47 Å². The minimum Gasteiger partial charge on any atom is -0.497 e. The lowest BCUT2D eigenvalue weighted by atomic mass is 10.1. The number of hydrogen-bond acceptors (Lipinski definition) is 6. The van der Waals surface area contributed by atoms with Gasteiger partial charge in [0.25, 0.3) is 10.0 Å². The van der Waals surface area contributed by atoms with Crippen LogP contribution in [0.25, 0.3) is 0 Å². The molecule has 3 aromatic carbocycles. The van der Waals surface area contributed by atoms with Crippen molar-refractivity contribution < 1.29 is 27.5 Å². The van der Waals surface area contributed by atoms with Crippen LogP contribution < -0.4 is 19.1 Å². The molecule has 0 aliphatic carbocycles. The van der Waals surface area contributed by atoms with E-state index in [-0.39, 0.29) is 17.3 Å². The maximum Gasteiger partial charge on any atom is 0.264 e. The molecule has 1 N–H and O–H groups in total. The van der Waals surface area contributed by atoms with Crippen LogP contribution in [0.15, 0.2) is 83.8 Å². The van der Waals surface area contributed by atoms with Crippen LogP contribution in [-0.4, -0.2) is 58.0 Å². The third-order valence-electron chi connectivity index (χ3n) is 6.29. The van der Waals surface area contributed by atoms with E-state index in [9.17, 15) is 18.0 Å². The van der Waals surface area contributed by atoms with E-state index in [2.05, 4.69) is 5.32 Å². The predicted octanol–water partition coefficient (Wildman–Crippen LogP) is 4.23. The lowest BCUT2D eigenvalue weighted by molar-refractivity contribution is -0.140. The quantitative estimate of drug-likeness (QED) is 0.313. The molecule has 0 bridgehead atoms. The van der Waals surface area contributed by atoms with E-state index < -0.39 is 28.5 Å². The second-order valence-electron chi connectivity index (χ2n) is 8.94. The highest BCUT2D eigenvalue weighted by Crippen LogP contribution is 2.26. The average molecular weight is 568 g/mol. The van der Waals surface area contributed by atoms with Gasteiger partial charge in [-0.3, -0.25) is 13.9 Å². The number of methoxy groups -OCH3 is 1. The number of anilines is 1. The van der Waals surface area contributed by atoms with Crippen LogP contribution in [0.3, 0.4) is 0 Å². The van der Waals surface area contributed by atoms with E-state index in [1.807, 2.05) is 26.0 Å². The van der Waals surface area contributed by atoms with Gasteiger partial charge in [-0.1, -0.05) is 37.3 Å². The molecule has 10 heteroatoms. The first-order chi connectivity index (χ1) is 19.2. The predicted molar refractivity (Wildman–Crippen MR) is 155 cm³/mol. The van der Waals surface area contributed by atoms with Crippen molar-refractivity contribution in [1.82, 2.24) is 10.2 Å². The molecule has 3 aromatic rings. The molecule has 40 heavy (non-hydrogen) atoms. The second-order valence-corrected chi connectivity index (χ2v) is 10.8. The van der Waals surface area contributed by atoms with Crippen molar-refractivity contribution in [2.24, 2.45) is 0 Å². The zero-order valence-electron chi connectivity index (χ0n) is 23.4. The van der Waals surface area contributed by atoms with Crippen LogP contribution in [0.4, 0.5) is 5.69 Å². The molecule has 0 aliphatic heterocycles. The van der Waals surface area contributed by atoms with E-state index in [0.717, 1.165) is 9.87 Å². The molecule has 2 amide bonds. The van der Waals surface area contributed by atoms with Gasteiger partial charge in [0, 0.05) is 13.1 Å². The molecule has 0 saturated heterocycles. The van der Waals surface area contributed by atoms with Crippen molar-refractivity contribution in [3.05, 3.63) is 84.4 Å². The first kappa shape index (κ1) is 30.5. The number of carbonyl (C=O) groups is 2. The van der Waals surface area contributed by atoms with Gasteiger partial charge < -0.3 is 19.7 Å². The third-order valence-corrected chi connectivity index (χ3v) is 8.08. The minimum absolute atomic E-state index is 0.0186. The van der Waals surface area contributed by atoms with Crippen LogP contribution >= 0.6 is 0 Å². The van der Waals surface area contributed by atoms with Gasteiger partial charge in [0.05, 0.1) is 24.3 Å². The van der Waals surface area contributed by atoms with Gasteiger partial charge in [-0.25, -0.2) is 8.42 Å². The summed E-state index contributed by atoms with van der Waals surface area (Å²) in [7, 11) is -2.58. The molecule has 214 valence electrons. The summed E-state index contributed by atoms with van der Waals surface area (Å²) in [5, 5.41) is 2.80. The molecule has 1 atom stereocenters. The maximum atomic E-state index is 14.0. The summed E-state index contributed by atoms with van der Waals surface area (Å²) in [6.45, 7) is 5.94. The third kappa shape index (κ3) is 7.53. The van der Waals surface area contributed by atoms with Crippen LogP contribution in [-0.2, 0) is 26.2 Å². The molecule has 0 heterocycles. The lowest BCUT2D eigenvalue weighted by Gasteiger charge is -2.33. The fourth-order valence-corrected chi connectivity index (χ4v) is 5.68. The number of likely N-dealkylation sites (N-methyl/N-ethyl adjacent to an activating group) is 1. The largest absolute Gasteiger partial charge is 0.497 e. The Balaban J connectivity index is 2.01. The Morgan fingerprint density at radius 3 is 2.05 bits per heavy atom. The topological polar surface area (TPSA) is 105 Å². The van der Waals surface area contributed by atoms with Crippen LogP contribution in [0.2, 0.25) is 0 Å². The number of hydrogen-bond donors (Lipinski definition) is 1. The number of rotatable bonds is 14. The molecule has 0 saturated carbocycles. The van der Waals surface area contributed by atoms with Crippen molar-refractivity contribution >= 4 is 27.5 Å². The number of nitrogens with zero attached hydrogens (tertiary/aromatic N) is 2. The molecule has 3 rings (SSSR count). The van der Waals surface area contributed by atoms with E-state index in [1.165, 1.54) is 17.0 Å². The smallest absolute Gasteiger partial charge is 0.264 e. The van der Waals surface area contributed by atoms with E-state index in [0.29, 0.717) is 36.8 Å². The van der Waals surface area contributed by atoms with Gasteiger partial charge in [-0.2, -0.15) is 0 Å². The number of para-hydroxylation sites is 1. The monoisotopic (exact) mass is 567 g/mol. The van der Waals surface area contributed by atoms with Crippen LogP contribution in [0, 0.1) is 0 Å². The summed E-state index contributed by atoms with van der Waals surface area (Å²) in [5.74, 6) is 0.399. The van der Waals surface area contributed by atoms with Gasteiger partial charge >= 0.3 is 0 Å². The highest BCUT2D eigenvalue weighted by Gasteiger charge is 2.33. The zero-order chi connectivity index (χ0) is 29.1. The molecule has 0 unspecified atom stereocenters. The van der Waals surface area contributed by atoms with Crippen LogP contribution in [0.5, 0.6) is 11.5 Å². The van der Waals surface area contributed by atoms with Crippen molar-refractivity contribution in [2.45, 2.75) is 44.7 Å². The van der Waals surface area contributed by atoms with Gasteiger partial charge in [0.15, 0.2) is 0 Å². The van der Waals surface area contributed by atoms with Crippen molar-refractivity contribution in [2.75, 3.05) is 31.1 Å². The molecule has 0 fully saturated rings. The summed E-state index contributed by atoms with van der Waals surface area (Å²) in [6, 6.07) is 20.9. The second kappa shape index (κ2) is 14.4. The normalized spacial score (nSPS) is 11.8. The maximum absolute atomic E-state index is 14.0. The van der Waals surface area contributed by atoms with Crippen molar-refractivity contribution in [3.8, 4) is 11.5 Å². The standard InChI is InChI=1S/C30H37N3O6S/c1-5-28(30(35)31-6-2)32(21-23-13-15-25(38-4)16-14-23)29(34)22-33(24-11-9-8-10-12-24)40(36,37)27-19-17-26(18-20-27)39-7-3/h8-20,28H,5-7,21-22H2,1-4H3,(H,31,35)/t28-/m1/s1. The fraction of sp³-hybridized carbons (Fsp3) is 0.333. The summed E-state index contributed by atoms with van der Waals surface area (Å²) in [6.07, 6.45) is 0.352. The number of nitrogens with one attached hydrogen (secondary N) is 1. The Kier molecular flexibility index (Phi) is 11.0. The average Bonchev–Trinajstić information content (AvgIpc) is 2.97. The molecule has 0 spiro atoms. The Morgan fingerprint density at radius 1 is 0.875 bits per heavy atom. The fourth-order valence-electron chi connectivity index (χ4n) is 4.26. The lowest BCUT2D eigenvalue weighted by Crippen LogP contribution is -2.52. The first-order valence-electron chi connectivity index (χ1n) is 13.3. The first-order valence-corrected chi connectivity index (χ1v) is 14.7. The van der Waals surface area contributed by atoms with E-state index in [1.54, 1.807) is 68.6 Å². The Morgan fingerprint density at radius 2 is 1.50 bits per heavy atom. The molecular weight excluding hydrogens is 530 g/mol. The zero-order valence-corrected chi connectivity index (χ0v) is 24.2. The number of sulfonamides is 1. The Labute approximate surface area is 236 Å². The van der Waals surface area contributed by atoms with Crippen molar-refractivity contribution in [3.63, 3.8) is 0 Å².